The van der Waals surface area contributed by atoms with Gasteiger partial charge in [0.25, 0.3) is 0 Å². The van der Waals surface area contributed by atoms with Crippen molar-refractivity contribution in [2.24, 2.45) is 0 Å². The number of nitrogen functional groups attached to an aromatic ring is 1. The summed E-state index contributed by atoms with van der Waals surface area (Å²) in [7, 11) is 4.27. The third-order valence-electron chi connectivity index (χ3n) is 1.96. The molecule has 1 aromatic carbocycles. The van der Waals surface area contributed by atoms with Crippen molar-refractivity contribution in [2.45, 2.75) is 0 Å². The van der Waals surface area contributed by atoms with E-state index in [4.69, 9.17) is 15.2 Å². The van der Waals surface area contributed by atoms with Gasteiger partial charge in [0, 0.05) is 12.1 Å². The third kappa shape index (κ3) is 2.70. The molecule has 2 N–H and O–H groups in total. The standard InChI is InChI=1S/C10H13NO4.ClH/c1-13-8-4-6(10(12)15-3)7(11)5-9(8)14-2;/h4-5H,11H2,1-3H3;1H. The van der Waals surface area contributed by atoms with E-state index in [2.05, 4.69) is 4.74 Å². The lowest BCUT2D eigenvalue weighted by atomic mass is 10.1. The summed E-state index contributed by atoms with van der Waals surface area (Å²) in [5.41, 5.74) is 6.21. The lowest BCUT2D eigenvalue weighted by Gasteiger charge is -2.10. The van der Waals surface area contributed by atoms with Crippen LogP contribution in [0.4, 0.5) is 5.69 Å². The van der Waals surface area contributed by atoms with Gasteiger partial charge in [-0.3, -0.25) is 0 Å². The fourth-order valence-electron chi connectivity index (χ4n) is 1.18. The van der Waals surface area contributed by atoms with Gasteiger partial charge in [-0.15, -0.1) is 12.4 Å². The number of nitrogens with two attached hydrogens (primary N) is 1. The molecule has 0 aliphatic heterocycles. The molecule has 0 unspecified atom stereocenters. The monoisotopic (exact) mass is 247 g/mol. The van der Waals surface area contributed by atoms with Crippen LogP contribution in [0.2, 0.25) is 0 Å². The van der Waals surface area contributed by atoms with Gasteiger partial charge in [0.15, 0.2) is 11.5 Å². The number of hydrogen-bond donors (Lipinski definition) is 1. The van der Waals surface area contributed by atoms with E-state index in [1.807, 2.05) is 0 Å². The minimum absolute atomic E-state index is 0. The maximum absolute atomic E-state index is 11.3. The van der Waals surface area contributed by atoms with E-state index >= 15 is 0 Å². The quantitative estimate of drug-likeness (QED) is 0.647. The Balaban J connectivity index is 0.00000225. The Morgan fingerprint density at radius 1 is 1.12 bits per heavy atom. The number of halogens is 1. The van der Waals surface area contributed by atoms with Crippen LogP contribution in [-0.2, 0) is 4.74 Å². The highest BCUT2D eigenvalue weighted by Gasteiger charge is 2.15. The van der Waals surface area contributed by atoms with Crippen molar-refractivity contribution < 1.29 is 19.0 Å². The van der Waals surface area contributed by atoms with Crippen LogP contribution in [0.25, 0.3) is 0 Å². The number of anilines is 1. The number of ether oxygens (including phenoxy) is 3. The van der Waals surface area contributed by atoms with Crippen LogP contribution < -0.4 is 15.2 Å². The molecule has 0 radical (unpaired) electrons. The summed E-state index contributed by atoms with van der Waals surface area (Å²) in [6.45, 7) is 0. The van der Waals surface area contributed by atoms with E-state index in [0.29, 0.717) is 17.2 Å². The maximum Gasteiger partial charge on any atom is 0.340 e. The molecule has 0 bridgehead atoms. The van der Waals surface area contributed by atoms with Crippen LogP contribution in [-0.4, -0.2) is 27.3 Å². The first-order chi connectivity index (χ1) is 7.13. The van der Waals surface area contributed by atoms with E-state index in [0.717, 1.165) is 0 Å². The second kappa shape index (κ2) is 6.07. The van der Waals surface area contributed by atoms with Crippen molar-refractivity contribution in [3.8, 4) is 11.5 Å². The van der Waals surface area contributed by atoms with Crippen molar-refractivity contribution in [2.75, 3.05) is 27.1 Å². The number of methoxy groups -OCH3 is 3. The van der Waals surface area contributed by atoms with E-state index in [1.54, 1.807) is 0 Å². The Kier molecular flexibility index (Phi) is 5.46. The zero-order valence-corrected chi connectivity index (χ0v) is 10.1. The molecular formula is C10H14ClNO4. The first-order valence-corrected chi connectivity index (χ1v) is 4.23. The van der Waals surface area contributed by atoms with Crippen molar-refractivity contribution in [3.05, 3.63) is 17.7 Å². The Labute approximate surface area is 99.9 Å². The molecular weight excluding hydrogens is 234 g/mol. The van der Waals surface area contributed by atoms with Crippen LogP contribution in [0.1, 0.15) is 10.4 Å². The average molecular weight is 248 g/mol. The van der Waals surface area contributed by atoms with Crippen molar-refractivity contribution in [1.29, 1.82) is 0 Å². The lowest BCUT2D eigenvalue weighted by Crippen LogP contribution is -2.06. The zero-order chi connectivity index (χ0) is 11.4. The molecule has 0 fully saturated rings. The third-order valence-corrected chi connectivity index (χ3v) is 1.96. The minimum Gasteiger partial charge on any atom is -0.493 e. The second-order valence-electron chi connectivity index (χ2n) is 2.79. The summed E-state index contributed by atoms with van der Waals surface area (Å²) in [6, 6.07) is 3.01. The van der Waals surface area contributed by atoms with E-state index in [1.165, 1.54) is 33.5 Å². The SMILES string of the molecule is COC(=O)c1cc(OC)c(OC)cc1N.Cl. The van der Waals surface area contributed by atoms with E-state index in [9.17, 15) is 4.79 Å². The smallest absolute Gasteiger partial charge is 0.340 e. The summed E-state index contributed by atoms with van der Waals surface area (Å²) >= 11 is 0. The summed E-state index contributed by atoms with van der Waals surface area (Å²) < 4.78 is 14.6. The number of benzene rings is 1. The van der Waals surface area contributed by atoms with Crippen LogP contribution in [0.3, 0.4) is 0 Å². The fraction of sp³-hybridized carbons (Fsp3) is 0.300. The van der Waals surface area contributed by atoms with E-state index in [-0.39, 0.29) is 18.0 Å². The molecule has 1 aromatic rings. The first kappa shape index (κ1) is 14.4. The summed E-state index contributed by atoms with van der Waals surface area (Å²) in [4.78, 5) is 11.3. The maximum atomic E-state index is 11.3. The van der Waals surface area contributed by atoms with Gasteiger partial charge in [-0.1, -0.05) is 0 Å². The molecule has 1 rings (SSSR count). The number of carbonyl (C=O) groups excluding carboxylic acids is 1. The molecule has 0 amide bonds. The van der Waals surface area contributed by atoms with Crippen LogP contribution in [0, 0.1) is 0 Å². The molecule has 16 heavy (non-hydrogen) atoms. The number of esters is 1. The fourth-order valence-corrected chi connectivity index (χ4v) is 1.18. The highest BCUT2D eigenvalue weighted by Crippen LogP contribution is 2.32. The largest absolute Gasteiger partial charge is 0.493 e. The van der Waals surface area contributed by atoms with Crippen molar-refractivity contribution >= 4 is 24.1 Å². The molecule has 0 aromatic heterocycles. The normalized spacial score (nSPS) is 8.94. The minimum atomic E-state index is -0.506. The molecule has 0 saturated heterocycles. The number of rotatable bonds is 3. The topological polar surface area (TPSA) is 70.8 Å². The molecule has 0 aliphatic carbocycles. The van der Waals surface area contributed by atoms with Crippen molar-refractivity contribution in [3.63, 3.8) is 0 Å². The zero-order valence-electron chi connectivity index (χ0n) is 9.27. The van der Waals surface area contributed by atoms with Crippen LogP contribution >= 0.6 is 12.4 Å². The lowest BCUT2D eigenvalue weighted by molar-refractivity contribution is 0.0601. The summed E-state index contributed by atoms with van der Waals surface area (Å²) in [6.07, 6.45) is 0. The van der Waals surface area contributed by atoms with Gasteiger partial charge in [0.05, 0.1) is 32.6 Å². The number of carbonyl (C=O) groups is 1. The molecule has 90 valence electrons. The molecule has 0 saturated carbocycles. The predicted octanol–water partition coefficient (Wildman–Crippen LogP) is 1.49. The molecule has 0 heterocycles. The summed E-state index contributed by atoms with van der Waals surface area (Å²) in [5.74, 6) is 0.406. The average Bonchev–Trinajstić information content (AvgIpc) is 2.27. The number of hydrogen-bond acceptors (Lipinski definition) is 5. The van der Waals surface area contributed by atoms with Gasteiger partial charge in [-0.2, -0.15) is 0 Å². The van der Waals surface area contributed by atoms with Gasteiger partial charge < -0.3 is 19.9 Å². The predicted molar refractivity (Wildman–Crippen MR) is 62.5 cm³/mol. The Hall–Kier alpha value is -1.62. The Morgan fingerprint density at radius 2 is 1.62 bits per heavy atom. The Morgan fingerprint density at radius 3 is 2.06 bits per heavy atom. The molecule has 6 heteroatoms. The summed E-state index contributed by atoms with van der Waals surface area (Å²) in [5, 5.41) is 0. The molecule has 0 spiro atoms. The van der Waals surface area contributed by atoms with Crippen molar-refractivity contribution in [1.82, 2.24) is 0 Å². The van der Waals surface area contributed by atoms with E-state index < -0.39 is 5.97 Å². The van der Waals surface area contributed by atoms with Gasteiger partial charge in [-0.05, 0) is 0 Å². The molecule has 5 nitrogen and oxygen atoms in total. The highest BCUT2D eigenvalue weighted by atomic mass is 35.5. The second-order valence-corrected chi connectivity index (χ2v) is 2.79. The highest BCUT2D eigenvalue weighted by molar-refractivity contribution is 5.96. The first-order valence-electron chi connectivity index (χ1n) is 4.23. The van der Waals surface area contributed by atoms with Gasteiger partial charge >= 0.3 is 5.97 Å². The van der Waals surface area contributed by atoms with Gasteiger partial charge in [-0.25, -0.2) is 4.79 Å². The Bertz CT molecular complexity index is 381. The molecule has 0 aliphatic rings. The van der Waals surface area contributed by atoms with Gasteiger partial charge in [0.2, 0.25) is 0 Å². The van der Waals surface area contributed by atoms with Gasteiger partial charge in [0.1, 0.15) is 0 Å². The molecule has 0 atom stereocenters. The van der Waals surface area contributed by atoms with Crippen LogP contribution in [0.5, 0.6) is 11.5 Å². The van der Waals surface area contributed by atoms with Crippen LogP contribution in [0.15, 0.2) is 12.1 Å².